The first-order valence-corrected chi connectivity index (χ1v) is 7.07. The molecule has 0 radical (unpaired) electrons. The van der Waals surface area contributed by atoms with Crippen molar-refractivity contribution in [1.29, 1.82) is 0 Å². The average molecular weight is 295 g/mol. The Morgan fingerprint density at radius 3 is 2.18 bits per heavy atom. The first-order chi connectivity index (χ1) is 10.6. The second-order valence-corrected chi connectivity index (χ2v) is 5.67. The van der Waals surface area contributed by atoms with Gasteiger partial charge in [-0.3, -0.25) is 14.5 Å². The van der Waals surface area contributed by atoms with E-state index in [9.17, 15) is 19.8 Å². The Kier molecular flexibility index (Phi) is 2.54. The lowest BCUT2D eigenvalue weighted by Crippen LogP contribution is -2.40. The minimum Gasteiger partial charge on any atom is -0.504 e. The van der Waals surface area contributed by atoms with E-state index in [1.165, 1.54) is 17.0 Å². The van der Waals surface area contributed by atoms with Gasteiger partial charge < -0.3 is 10.2 Å². The van der Waals surface area contributed by atoms with Gasteiger partial charge in [-0.2, -0.15) is 0 Å². The molecule has 0 unspecified atom stereocenters. The lowest BCUT2D eigenvalue weighted by molar-refractivity contribution is 0.0589. The van der Waals surface area contributed by atoms with Gasteiger partial charge in [-0.05, 0) is 36.1 Å². The number of rotatable bonds is 1. The summed E-state index contributed by atoms with van der Waals surface area (Å²) in [5.74, 6) is -1.86. The molecule has 0 bridgehead atoms. The number of carbonyl (C=O) groups is 2. The summed E-state index contributed by atoms with van der Waals surface area (Å²) < 4.78 is 0. The molecule has 2 aromatic rings. The number of benzene rings is 2. The van der Waals surface area contributed by atoms with Crippen LogP contribution in [0.3, 0.4) is 0 Å². The summed E-state index contributed by atoms with van der Waals surface area (Å²) in [7, 11) is 0. The van der Waals surface area contributed by atoms with Crippen LogP contribution in [0.15, 0.2) is 36.4 Å². The highest BCUT2D eigenvalue weighted by Gasteiger charge is 2.44. The Morgan fingerprint density at radius 2 is 1.55 bits per heavy atom. The number of amides is 2. The predicted molar refractivity (Wildman–Crippen MR) is 77.9 cm³/mol. The van der Waals surface area contributed by atoms with E-state index < -0.39 is 23.3 Å². The molecule has 0 aromatic heterocycles. The van der Waals surface area contributed by atoms with Gasteiger partial charge in [-0.25, -0.2) is 0 Å². The summed E-state index contributed by atoms with van der Waals surface area (Å²) in [4.78, 5) is 26.3. The minimum absolute atomic E-state index is 0.0963. The molecule has 5 heteroatoms. The maximum Gasteiger partial charge on any atom is 0.265 e. The summed E-state index contributed by atoms with van der Waals surface area (Å²) >= 11 is 0. The highest BCUT2D eigenvalue weighted by molar-refractivity contribution is 6.23. The van der Waals surface area contributed by atoms with Gasteiger partial charge in [0.15, 0.2) is 11.5 Å². The van der Waals surface area contributed by atoms with Gasteiger partial charge in [0, 0.05) is 6.04 Å². The fourth-order valence-electron chi connectivity index (χ4n) is 3.37. The maximum atomic E-state index is 12.6. The SMILES string of the molecule is O=C1c2ccc(O)c(O)c2C(=O)N1C1Cc2ccccc2C1. The van der Waals surface area contributed by atoms with Crippen molar-refractivity contribution in [3.05, 3.63) is 58.7 Å². The fraction of sp³-hybridized carbons (Fsp3) is 0.176. The van der Waals surface area contributed by atoms with Gasteiger partial charge in [0.1, 0.15) is 0 Å². The molecule has 0 fully saturated rings. The number of imide groups is 1. The number of nitrogens with zero attached hydrogens (tertiary/aromatic N) is 1. The van der Waals surface area contributed by atoms with Gasteiger partial charge >= 0.3 is 0 Å². The standard InChI is InChI=1S/C17H13NO4/c19-13-6-5-12-14(15(13)20)17(22)18(16(12)21)11-7-9-3-1-2-4-10(9)8-11/h1-6,11,19-20H,7-8H2. The third-order valence-corrected chi connectivity index (χ3v) is 4.43. The van der Waals surface area contributed by atoms with Crippen LogP contribution in [0.2, 0.25) is 0 Å². The molecule has 2 aliphatic rings. The zero-order chi connectivity index (χ0) is 15.4. The van der Waals surface area contributed by atoms with Crippen LogP contribution in [0, 0.1) is 0 Å². The molecular weight excluding hydrogens is 282 g/mol. The molecule has 22 heavy (non-hydrogen) atoms. The molecular formula is C17H13NO4. The van der Waals surface area contributed by atoms with E-state index in [0.29, 0.717) is 12.8 Å². The molecule has 0 saturated carbocycles. The van der Waals surface area contributed by atoms with Crippen molar-refractivity contribution < 1.29 is 19.8 Å². The molecule has 1 heterocycles. The third-order valence-electron chi connectivity index (χ3n) is 4.43. The van der Waals surface area contributed by atoms with Crippen molar-refractivity contribution >= 4 is 11.8 Å². The van der Waals surface area contributed by atoms with Crippen LogP contribution in [0.1, 0.15) is 31.8 Å². The molecule has 0 atom stereocenters. The Hall–Kier alpha value is -2.82. The normalized spacial score (nSPS) is 17.0. The van der Waals surface area contributed by atoms with E-state index >= 15 is 0 Å². The minimum atomic E-state index is -0.536. The fourth-order valence-corrected chi connectivity index (χ4v) is 3.37. The topological polar surface area (TPSA) is 77.8 Å². The van der Waals surface area contributed by atoms with Crippen molar-refractivity contribution in [2.75, 3.05) is 0 Å². The van der Waals surface area contributed by atoms with Crippen LogP contribution in [0.25, 0.3) is 0 Å². The molecule has 2 amide bonds. The van der Waals surface area contributed by atoms with Crippen LogP contribution in [-0.2, 0) is 12.8 Å². The Bertz CT molecular complexity index is 802. The molecule has 0 saturated heterocycles. The van der Waals surface area contributed by atoms with Crippen LogP contribution >= 0.6 is 0 Å². The lowest BCUT2D eigenvalue weighted by Gasteiger charge is -2.21. The molecule has 2 N–H and O–H groups in total. The number of fused-ring (bicyclic) bond motifs is 2. The van der Waals surface area contributed by atoms with Crippen LogP contribution in [-0.4, -0.2) is 33.0 Å². The number of phenolic OH excluding ortho intramolecular Hbond substituents is 2. The largest absolute Gasteiger partial charge is 0.504 e. The highest BCUT2D eigenvalue weighted by Crippen LogP contribution is 2.39. The quantitative estimate of drug-likeness (QED) is 0.622. The summed E-state index contributed by atoms with van der Waals surface area (Å²) in [6.07, 6.45) is 1.24. The Balaban J connectivity index is 1.73. The van der Waals surface area contributed by atoms with Crippen LogP contribution < -0.4 is 0 Å². The second kappa shape index (κ2) is 4.34. The van der Waals surface area contributed by atoms with Gasteiger partial charge in [0.25, 0.3) is 11.8 Å². The van der Waals surface area contributed by atoms with E-state index in [2.05, 4.69) is 0 Å². The highest BCUT2D eigenvalue weighted by atomic mass is 16.3. The van der Waals surface area contributed by atoms with E-state index in [4.69, 9.17) is 0 Å². The number of hydrogen-bond donors (Lipinski definition) is 2. The van der Waals surface area contributed by atoms with E-state index in [1.54, 1.807) is 0 Å². The van der Waals surface area contributed by atoms with Gasteiger partial charge in [0.2, 0.25) is 0 Å². The number of carbonyl (C=O) groups excluding carboxylic acids is 2. The summed E-state index contributed by atoms with van der Waals surface area (Å²) in [5, 5.41) is 19.4. The lowest BCUT2D eigenvalue weighted by atomic mass is 10.1. The van der Waals surface area contributed by atoms with Gasteiger partial charge in [-0.15, -0.1) is 0 Å². The molecule has 5 nitrogen and oxygen atoms in total. The molecule has 1 aliphatic carbocycles. The van der Waals surface area contributed by atoms with Gasteiger partial charge in [0.05, 0.1) is 11.1 Å². The van der Waals surface area contributed by atoms with Crippen molar-refractivity contribution in [2.45, 2.75) is 18.9 Å². The van der Waals surface area contributed by atoms with E-state index in [1.807, 2.05) is 24.3 Å². The Labute approximate surface area is 126 Å². The predicted octanol–water partition coefficient (Wildman–Crippen LogP) is 1.86. The number of aromatic hydroxyl groups is 2. The smallest absolute Gasteiger partial charge is 0.265 e. The van der Waals surface area contributed by atoms with Crippen molar-refractivity contribution in [1.82, 2.24) is 4.90 Å². The van der Waals surface area contributed by atoms with Gasteiger partial charge in [-0.1, -0.05) is 24.3 Å². The molecule has 4 rings (SSSR count). The average Bonchev–Trinajstić information content (AvgIpc) is 3.02. The van der Waals surface area contributed by atoms with Crippen LogP contribution in [0.4, 0.5) is 0 Å². The van der Waals surface area contributed by atoms with E-state index in [-0.39, 0.29) is 17.2 Å². The molecule has 0 spiro atoms. The van der Waals surface area contributed by atoms with Crippen molar-refractivity contribution in [2.24, 2.45) is 0 Å². The maximum absolute atomic E-state index is 12.6. The van der Waals surface area contributed by atoms with Crippen molar-refractivity contribution in [3.63, 3.8) is 0 Å². The molecule has 2 aromatic carbocycles. The third kappa shape index (κ3) is 1.59. The zero-order valence-corrected chi connectivity index (χ0v) is 11.6. The zero-order valence-electron chi connectivity index (χ0n) is 11.6. The van der Waals surface area contributed by atoms with E-state index in [0.717, 1.165) is 11.1 Å². The first-order valence-electron chi connectivity index (χ1n) is 7.07. The van der Waals surface area contributed by atoms with Crippen molar-refractivity contribution in [3.8, 4) is 11.5 Å². The monoisotopic (exact) mass is 295 g/mol. The summed E-state index contributed by atoms with van der Waals surface area (Å²) in [6, 6.07) is 10.2. The summed E-state index contributed by atoms with van der Waals surface area (Å²) in [5.41, 5.74) is 2.32. The second-order valence-electron chi connectivity index (χ2n) is 5.67. The first kappa shape index (κ1) is 12.9. The molecule has 1 aliphatic heterocycles. The van der Waals surface area contributed by atoms with Crippen LogP contribution in [0.5, 0.6) is 11.5 Å². The number of hydrogen-bond acceptors (Lipinski definition) is 4. The summed E-state index contributed by atoms with van der Waals surface area (Å²) in [6.45, 7) is 0. The number of phenols is 2. The Morgan fingerprint density at radius 1 is 0.909 bits per heavy atom. The molecule has 110 valence electrons.